The van der Waals surface area contributed by atoms with Crippen LogP contribution in [0.3, 0.4) is 0 Å². The Bertz CT molecular complexity index is 931. The number of hydrogen-bond donors (Lipinski definition) is 0. The van der Waals surface area contributed by atoms with Crippen molar-refractivity contribution in [3.63, 3.8) is 0 Å². The molecule has 0 aliphatic rings. The molecule has 0 aliphatic carbocycles. The maximum absolute atomic E-state index is 5.83. The van der Waals surface area contributed by atoms with Crippen LogP contribution >= 0.6 is 0 Å². The minimum atomic E-state index is 0.823. The summed E-state index contributed by atoms with van der Waals surface area (Å²) in [7, 11) is 0. The third kappa shape index (κ3) is 3.59. The van der Waals surface area contributed by atoms with Crippen molar-refractivity contribution in [2.75, 3.05) is 0 Å². The molecule has 0 aliphatic heterocycles. The van der Waals surface area contributed by atoms with Crippen LogP contribution in [0.25, 0.3) is 22.4 Å². The lowest BCUT2D eigenvalue weighted by Gasteiger charge is -2.07. The molecule has 0 atom stereocenters. The van der Waals surface area contributed by atoms with Gasteiger partial charge in [0.25, 0.3) is 0 Å². The van der Waals surface area contributed by atoms with E-state index in [-0.39, 0.29) is 0 Å². The Balaban J connectivity index is 1.52. The minimum Gasteiger partial charge on any atom is -0.457 e. The molecule has 0 N–H and O–H groups in total. The van der Waals surface area contributed by atoms with Crippen LogP contribution in [0.2, 0.25) is 0 Å². The number of ether oxygens (including phenoxy) is 1. The summed E-state index contributed by atoms with van der Waals surface area (Å²) in [6.07, 6.45) is 1.91. The van der Waals surface area contributed by atoms with Crippen molar-refractivity contribution in [1.82, 2.24) is 4.98 Å². The molecule has 1 aromatic heterocycles. The lowest BCUT2D eigenvalue weighted by molar-refractivity contribution is 0.483. The van der Waals surface area contributed by atoms with Gasteiger partial charge in [-0.05, 0) is 35.9 Å². The highest BCUT2D eigenvalue weighted by Gasteiger charge is 2.02. The standard InChI is InChI=1S/C23H17NO/c1-3-7-19(8-4-1)23-16-13-20(17-24-23)18-11-14-22(15-12-18)25-21-9-5-2-6-10-21/h1-17H. The number of aromatic nitrogens is 1. The largest absolute Gasteiger partial charge is 0.457 e. The fraction of sp³-hybridized carbons (Fsp3) is 0. The van der Waals surface area contributed by atoms with Gasteiger partial charge < -0.3 is 4.74 Å². The van der Waals surface area contributed by atoms with E-state index in [4.69, 9.17) is 4.74 Å². The van der Waals surface area contributed by atoms with Gasteiger partial charge >= 0.3 is 0 Å². The maximum atomic E-state index is 5.83. The van der Waals surface area contributed by atoms with E-state index in [0.717, 1.165) is 33.9 Å². The number of hydrogen-bond acceptors (Lipinski definition) is 2. The third-order valence-corrected chi connectivity index (χ3v) is 4.00. The zero-order chi connectivity index (χ0) is 16.9. The summed E-state index contributed by atoms with van der Waals surface area (Å²) in [6, 6.07) is 32.2. The molecular formula is C23H17NO. The first-order valence-corrected chi connectivity index (χ1v) is 8.23. The molecule has 0 bridgehead atoms. The molecule has 0 spiro atoms. The summed E-state index contributed by atoms with van der Waals surface area (Å²) in [4.78, 5) is 4.58. The van der Waals surface area contributed by atoms with Crippen LogP contribution in [0.1, 0.15) is 0 Å². The first kappa shape index (κ1) is 15.2. The summed E-state index contributed by atoms with van der Waals surface area (Å²) in [5, 5.41) is 0. The number of para-hydroxylation sites is 1. The molecular weight excluding hydrogens is 306 g/mol. The van der Waals surface area contributed by atoms with Gasteiger partial charge in [0.1, 0.15) is 11.5 Å². The average molecular weight is 323 g/mol. The van der Waals surface area contributed by atoms with Gasteiger partial charge in [0, 0.05) is 17.3 Å². The number of benzene rings is 3. The van der Waals surface area contributed by atoms with Crippen molar-refractivity contribution in [2.45, 2.75) is 0 Å². The van der Waals surface area contributed by atoms with Crippen LogP contribution in [-0.4, -0.2) is 4.98 Å². The Morgan fingerprint density at radius 1 is 0.480 bits per heavy atom. The van der Waals surface area contributed by atoms with Gasteiger partial charge in [0.05, 0.1) is 5.69 Å². The van der Waals surface area contributed by atoms with Gasteiger partial charge in [-0.2, -0.15) is 0 Å². The first-order valence-electron chi connectivity index (χ1n) is 8.23. The van der Waals surface area contributed by atoms with Crippen LogP contribution in [0, 0.1) is 0 Å². The van der Waals surface area contributed by atoms with Crippen molar-refractivity contribution in [1.29, 1.82) is 0 Å². The number of nitrogens with zero attached hydrogens (tertiary/aromatic N) is 1. The van der Waals surface area contributed by atoms with Gasteiger partial charge in [0.2, 0.25) is 0 Å². The highest BCUT2D eigenvalue weighted by atomic mass is 16.5. The molecule has 3 aromatic carbocycles. The smallest absolute Gasteiger partial charge is 0.127 e. The van der Waals surface area contributed by atoms with Crippen LogP contribution in [0.5, 0.6) is 11.5 Å². The van der Waals surface area contributed by atoms with E-state index in [1.807, 2.05) is 66.9 Å². The van der Waals surface area contributed by atoms with Crippen LogP contribution in [-0.2, 0) is 0 Å². The molecule has 2 heteroatoms. The Kier molecular flexibility index (Phi) is 4.25. The fourth-order valence-electron chi connectivity index (χ4n) is 2.68. The Labute approximate surface area is 147 Å². The molecule has 0 saturated heterocycles. The molecule has 0 saturated carbocycles. The van der Waals surface area contributed by atoms with Gasteiger partial charge in [0.15, 0.2) is 0 Å². The lowest BCUT2D eigenvalue weighted by Crippen LogP contribution is -1.86. The molecule has 0 fully saturated rings. The average Bonchev–Trinajstić information content (AvgIpc) is 2.70. The predicted octanol–water partition coefficient (Wildman–Crippen LogP) is 6.21. The van der Waals surface area contributed by atoms with E-state index < -0.39 is 0 Å². The second kappa shape index (κ2) is 7.02. The highest BCUT2D eigenvalue weighted by Crippen LogP contribution is 2.26. The Morgan fingerprint density at radius 3 is 1.72 bits per heavy atom. The van der Waals surface area contributed by atoms with Gasteiger partial charge in [-0.15, -0.1) is 0 Å². The lowest BCUT2D eigenvalue weighted by atomic mass is 10.1. The minimum absolute atomic E-state index is 0.823. The summed E-state index contributed by atoms with van der Waals surface area (Å²) >= 11 is 0. The van der Waals surface area contributed by atoms with Crippen molar-refractivity contribution >= 4 is 0 Å². The summed E-state index contributed by atoms with van der Waals surface area (Å²) in [6.45, 7) is 0. The Morgan fingerprint density at radius 2 is 1.08 bits per heavy atom. The SMILES string of the molecule is c1ccc(Oc2ccc(-c3ccc(-c4ccccc4)nc3)cc2)cc1. The monoisotopic (exact) mass is 323 g/mol. The van der Waals surface area contributed by atoms with E-state index in [9.17, 15) is 0 Å². The van der Waals surface area contributed by atoms with Gasteiger partial charge in [-0.3, -0.25) is 4.98 Å². The normalized spacial score (nSPS) is 10.4. The zero-order valence-electron chi connectivity index (χ0n) is 13.7. The second-order valence-corrected chi connectivity index (χ2v) is 5.74. The van der Waals surface area contributed by atoms with E-state index in [1.54, 1.807) is 0 Å². The molecule has 0 radical (unpaired) electrons. The van der Waals surface area contributed by atoms with E-state index >= 15 is 0 Å². The van der Waals surface area contributed by atoms with E-state index in [0.29, 0.717) is 0 Å². The molecule has 1 heterocycles. The maximum Gasteiger partial charge on any atom is 0.127 e. The topological polar surface area (TPSA) is 22.1 Å². The zero-order valence-corrected chi connectivity index (χ0v) is 13.7. The summed E-state index contributed by atoms with van der Waals surface area (Å²) < 4.78 is 5.83. The fourth-order valence-corrected chi connectivity index (χ4v) is 2.68. The predicted molar refractivity (Wildman–Crippen MR) is 102 cm³/mol. The van der Waals surface area contributed by atoms with Crippen LogP contribution in [0.4, 0.5) is 0 Å². The summed E-state index contributed by atoms with van der Waals surface area (Å²) in [5.41, 5.74) is 4.31. The Hall–Kier alpha value is -3.39. The van der Waals surface area contributed by atoms with E-state index in [1.165, 1.54) is 0 Å². The van der Waals surface area contributed by atoms with Crippen molar-refractivity contribution < 1.29 is 4.74 Å². The molecule has 4 aromatic rings. The summed E-state index contributed by atoms with van der Waals surface area (Å²) in [5.74, 6) is 1.66. The van der Waals surface area contributed by atoms with E-state index in [2.05, 4.69) is 41.4 Å². The van der Waals surface area contributed by atoms with Crippen molar-refractivity contribution in [3.05, 3.63) is 103 Å². The number of rotatable bonds is 4. The molecule has 4 rings (SSSR count). The van der Waals surface area contributed by atoms with Crippen LogP contribution < -0.4 is 4.74 Å². The highest BCUT2D eigenvalue weighted by molar-refractivity contribution is 5.67. The van der Waals surface area contributed by atoms with Crippen molar-refractivity contribution in [3.8, 4) is 33.9 Å². The molecule has 0 amide bonds. The molecule has 120 valence electrons. The third-order valence-electron chi connectivity index (χ3n) is 4.00. The second-order valence-electron chi connectivity index (χ2n) is 5.74. The first-order chi connectivity index (χ1) is 12.4. The molecule has 2 nitrogen and oxygen atoms in total. The van der Waals surface area contributed by atoms with Crippen LogP contribution in [0.15, 0.2) is 103 Å². The van der Waals surface area contributed by atoms with Gasteiger partial charge in [-0.1, -0.05) is 66.7 Å². The van der Waals surface area contributed by atoms with Crippen molar-refractivity contribution in [2.24, 2.45) is 0 Å². The van der Waals surface area contributed by atoms with Gasteiger partial charge in [-0.25, -0.2) is 0 Å². The quantitative estimate of drug-likeness (QED) is 0.445. The number of pyridine rings is 1. The molecule has 25 heavy (non-hydrogen) atoms. The molecule has 0 unspecified atom stereocenters.